The minimum Gasteiger partial charge on any atom is -0.512 e. The lowest BCUT2D eigenvalue weighted by atomic mass is 9.79. The summed E-state index contributed by atoms with van der Waals surface area (Å²) in [6.45, 7) is 8.83. The second kappa shape index (κ2) is 4.17. The number of aliphatic hydroxyl groups is 1. The van der Waals surface area contributed by atoms with Crippen molar-refractivity contribution < 1.29 is 5.11 Å². The van der Waals surface area contributed by atoms with Crippen molar-refractivity contribution in [3.8, 4) is 0 Å². The molecule has 0 fully saturated rings. The van der Waals surface area contributed by atoms with Crippen molar-refractivity contribution in [1.29, 1.82) is 0 Å². The molecule has 1 unspecified atom stereocenters. The van der Waals surface area contributed by atoms with Crippen LogP contribution >= 0.6 is 0 Å². The maximum atomic E-state index is 9.84. The monoisotopic (exact) mass is 182 g/mol. The molecule has 1 aliphatic carbocycles. The van der Waals surface area contributed by atoms with Gasteiger partial charge in [0.15, 0.2) is 0 Å². The average molecular weight is 182 g/mol. The quantitative estimate of drug-likeness (QED) is 0.686. The number of rotatable bonds is 2. The predicted octanol–water partition coefficient (Wildman–Crippen LogP) is 3.91. The highest BCUT2D eigenvalue weighted by molar-refractivity contribution is 5.14. The van der Waals surface area contributed by atoms with Gasteiger partial charge in [-0.15, -0.1) is 0 Å². The van der Waals surface area contributed by atoms with E-state index >= 15 is 0 Å². The fraction of sp³-hybridized carbons (Fsp3) is 0.833. The molecule has 0 aromatic heterocycles. The molecule has 0 aliphatic heterocycles. The third kappa shape index (κ3) is 2.49. The first-order valence-electron chi connectivity index (χ1n) is 5.43. The van der Waals surface area contributed by atoms with E-state index < -0.39 is 0 Å². The molecule has 0 saturated carbocycles. The van der Waals surface area contributed by atoms with Crippen molar-refractivity contribution in [2.45, 2.75) is 47.0 Å². The zero-order chi connectivity index (χ0) is 10.0. The maximum Gasteiger partial charge on any atom is 0.0920 e. The lowest BCUT2D eigenvalue weighted by Gasteiger charge is -2.28. The summed E-state index contributed by atoms with van der Waals surface area (Å²) in [5, 5.41) is 9.84. The molecule has 0 amide bonds. The maximum absolute atomic E-state index is 9.84. The van der Waals surface area contributed by atoms with Gasteiger partial charge in [0, 0.05) is 6.42 Å². The summed E-state index contributed by atoms with van der Waals surface area (Å²) in [4.78, 5) is 0. The summed E-state index contributed by atoms with van der Waals surface area (Å²) in [5.41, 5.74) is 1.29. The Balaban J connectivity index is 2.67. The number of hydrogen-bond donors (Lipinski definition) is 1. The van der Waals surface area contributed by atoms with E-state index in [1.165, 1.54) is 12.0 Å². The third-order valence-corrected chi connectivity index (χ3v) is 3.25. The summed E-state index contributed by atoms with van der Waals surface area (Å²) < 4.78 is 0. The van der Waals surface area contributed by atoms with Gasteiger partial charge >= 0.3 is 0 Å². The first-order valence-corrected chi connectivity index (χ1v) is 5.43. The Morgan fingerprint density at radius 2 is 1.85 bits per heavy atom. The van der Waals surface area contributed by atoms with Gasteiger partial charge in [0.05, 0.1) is 5.76 Å². The smallest absolute Gasteiger partial charge is 0.0920 e. The fourth-order valence-corrected chi connectivity index (χ4v) is 2.16. The van der Waals surface area contributed by atoms with Crippen molar-refractivity contribution in [1.82, 2.24) is 0 Å². The fourth-order valence-electron chi connectivity index (χ4n) is 2.16. The van der Waals surface area contributed by atoms with Crippen LogP contribution in [0.3, 0.4) is 0 Å². The van der Waals surface area contributed by atoms with Gasteiger partial charge in [0.2, 0.25) is 0 Å². The van der Waals surface area contributed by atoms with Gasteiger partial charge in [0.1, 0.15) is 0 Å². The van der Waals surface area contributed by atoms with Crippen molar-refractivity contribution in [3.05, 3.63) is 11.3 Å². The molecular formula is C12H22O. The Morgan fingerprint density at radius 3 is 2.23 bits per heavy atom. The van der Waals surface area contributed by atoms with E-state index in [0.29, 0.717) is 23.5 Å². The molecule has 0 bridgehead atoms. The number of aliphatic hydroxyl groups excluding tert-OH is 1. The molecule has 1 N–H and O–H groups in total. The molecule has 0 heterocycles. The van der Waals surface area contributed by atoms with Crippen LogP contribution in [0.1, 0.15) is 47.0 Å². The molecule has 1 atom stereocenters. The van der Waals surface area contributed by atoms with Crippen LogP contribution in [0.5, 0.6) is 0 Å². The standard InChI is InChI=1S/C12H22O/c1-8(2)10-5-6-11(9(3)4)12(13)7-10/h8-10,13H,5-7H2,1-4H3. The van der Waals surface area contributed by atoms with Crippen molar-refractivity contribution in [3.63, 3.8) is 0 Å². The van der Waals surface area contributed by atoms with Gasteiger partial charge in [-0.25, -0.2) is 0 Å². The molecule has 1 rings (SSSR count). The highest BCUT2D eigenvalue weighted by atomic mass is 16.3. The second-order valence-electron chi connectivity index (χ2n) is 4.87. The Labute approximate surface area is 81.9 Å². The highest BCUT2D eigenvalue weighted by Gasteiger charge is 2.23. The van der Waals surface area contributed by atoms with E-state index in [-0.39, 0.29) is 0 Å². The Bertz CT molecular complexity index is 201. The number of allylic oxidation sites excluding steroid dienone is 2. The summed E-state index contributed by atoms with van der Waals surface area (Å²) in [5.74, 6) is 2.60. The molecule has 1 nitrogen and oxygen atoms in total. The second-order valence-corrected chi connectivity index (χ2v) is 4.87. The Hall–Kier alpha value is -0.460. The lowest BCUT2D eigenvalue weighted by Crippen LogP contribution is -2.17. The molecule has 1 aliphatic rings. The molecule has 0 spiro atoms. The summed E-state index contributed by atoms with van der Waals surface area (Å²) >= 11 is 0. The zero-order valence-electron chi connectivity index (χ0n) is 9.30. The molecule has 0 aromatic rings. The topological polar surface area (TPSA) is 20.2 Å². The van der Waals surface area contributed by atoms with Crippen LogP contribution in [0.15, 0.2) is 11.3 Å². The van der Waals surface area contributed by atoms with Crippen LogP contribution in [0.4, 0.5) is 0 Å². The van der Waals surface area contributed by atoms with Crippen LogP contribution in [0, 0.1) is 17.8 Å². The predicted molar refractivity (Wildman–Crippen MR) is 56.7 cm³/mol. The average Bonchev–Trinajstić information content (AvgIpc) is 2.03. The van der Waals surface area contributed by atoms with Gasteiger partial charge < -0.3 is 5.11 Å². The van der Waals surface area contributed by atoms with Crippen LogP contribution in [-0.2, 0) is 0 Å². The Kier molecular flexibility index (Phi) is 3.40. The highest BCUT2D eigenvalue weighted by Crippen LogP contribution is 2.35. The van der Waals surface area contributed by atoms with Crippen molar-refractivity contribution in [2.75, 3.05) is 0 Å². The van der Waals surface area contributed by atoms with Crippen LogP contribution in [0.25, 0.3) is 0 Å². The first-order chi connectivity index (χ1) is 6.02. The van der Waals surface area contributed by atoms with Crippen LogP contribution in [-0.4, -0.2) is 5.11 Å². The van der Waals surface area contributed by atoms with Gasteiger partial charge in [-0.05, 0) is 36.2 Å². The molecule has 0 radical (unpaired) electrons. The summed E-state index contributed by atoms with van der Waals surface area (Å²) in [6.07, 6.45) is 3.27. The van der Waals surface area contributed by atoms with Crippen molar-refractivity contribution >= 4 is 0 Å². The molecule has 0 aromatic carbocycles. The molecular weight excluding hydrogens is 160 g/mol. The van der Waals surface area contributed by atoms with Gasteiger partial charge in [-0.3, -0.25) is 0 Å². The lowest BCUT2D eigenvalue weighted by molar-refractivity contribution is 0.258. The molecule has 76 valence electrons. The largest absolute Gasteiger partial charge is 0.512 e. The van der Waals surface area contributed by atoms with E-state index in [2.05, 4.69) is 27.7 Å². The van der Waals surface area contributed by atoms with Gasteiger partial charge in [0.25, 0.3) is 0 Å². The first kappa shape index (κ1) is 10.6. The van der Waals surface area contributed by atoms with Gasteiger partial charge in [-0.1, -0.05) is 27.7 Å². The van der Waals surface area contributed by atoms with E-state index in [1.807, 2.05) is 0 Å². The van der Waals surface area contributed by atoms with Gasteiger partial charge in [-0.2, -0.15) is 0 Å². The van der Waals surface area contributed by atoms with Crippen molar-refractivity contribution in [2.24, 2.45) is 17.8 Å². The SMILES string of the molecule is CC(C)C1=C(O)CC(C(C)C)CC1. The molecule has 0 saturated heterocycles. The van der Waals surface area contributed by atoms with E-state index in [9.17, 15) is 5.11 Å². The van der Waals surface area contributed by atoms with E-state index in [1.54, 1.807) is 0 Å². The third-order valence-electron chi connectivity index (χ3n) is 3.25. The van der Waals surface area contributed by atoms with E-state index in [0.717, 1.165) is 12.8 Å². The zero-order valence-corrected chi connectivity index (χ0v) is 9.30. The number of hydrogen-bond acceptors (Lipinski definition) is 1. The van der Waals surface area contributed by atoms with Crippen LogP contribution < -0.4 is 0 Å². The van der Waals surface area contributed by atoms with E-state index in [4.69, 9.17) is 0 Å². The molecule has 1 heteroatoms. The minimum atomic E-state index is 0.521. The Morgan fingerprint density at radius 1 is 1.23 bits per heavy atom. The van der Waals surface area contributed by atoms with Crippen LogP contribution in [0.2, 0.25) is 0 Å². The summed E-state index contributed by atoms with van der Waals surface area (Å²) in [7, 11) is 0. The normalized spacial score (nSPS) is 24.6. The molecule has 13 heavy (non-hydrogen) atoms. The summed E-state index contributed by atoms with van der Waals surface area (Å²) in [6, 6.07) is 0. The minimum absolute atomic E-state index is 0.521.